The lowest BCUT2D eigenvalue weighted by Crippen LogP contribution is -2.00. The van der Waals surface area contributed by atoms with E-state index in [9.17, 15) is 10.5 Å². The maximum absolute atomic E-state index is 11.2. The van der Waals surface area contributed by atoms with Crippen LogP contribution in [0.1, 0.15) is 11.1 Å². The van der Waals surface area contributed by atoms with Crippen molar-refractivity contribution >= 4 is 21.5 Å². The molecule has 0 atom stereocenters. The molecule has 8 nitrogen and oxygen atoms in total. The van der Waals surface area contributed by atoms with Gasteiger partial charge in [-0.2, -0.15) is 10.5 Å². The smallest absolute Gasteiger partial charge is 0.164 e. The van der Waals surface area contributed by atoms with Crippen LogP contribution in [-0.4, -0.2) is 29.9 Å². The SMILES string of the molecule is N#Cc1cccc(-c2ccc(-c3c(-c4ccc(-c5nc(-c6ccccc6)nc(-c6ccccc6)n5)cc4)cc(-c4ccc(-c5ccc(-c6c(-c7ccc(-c8nc(-c9ccccc9)nc(-c9ccccc9)n8)cc7)ccc7ccccc67)cc5)c(C#N)c4)c4ccccc34)cc2)c1. The van der Waals surface area contributed by atoms with Crippen molar-refractivity contribution < 1.29 is 0 Å². The van der Waals surface area contributed by atoms with Crippen molar-refractivity contribution in [3.05, 3.63) is 339 Å². The third kappa shape index (κ3) is 11.3. The molecule has 0 unspecified atom stereocenters. The normalized spacial score (nSPS) is 11.1. The van der Waals surface area contributed by atoms with Crippen LogP contribution in [0.2, 0.25) is 0 Å². The summed E-state index contributed by atoms with van der Waals surface area (Å²) in [6, 6.07) is 117. The van der Waals surface area contributed by atoms with Crippen molar-refractivity contribution in [2.75, 3.05) is 0 Å². The van der Waals surface area contributed by atoms with Gasteiger partial charge in [0.2, 0.25) is 0 Å². The molecule has 0 radical (unpaired) electrons. The fraction of sp³-hybridized carbons (Fsp3) is 0. The second kappa shape index (κ2) is 25.4. The highest BCUT2D eigenvalue weighted by atomic mass is 15.0. The number of aromatic nitrogens is 6. The average molecular weight is 1220 g/mol. The number of benzene rings is 14. The summed E-state index contributed by atoms with van der Waals surface area (Å²) in [7, 11) is 0. The highest BCUT2D eigenvalue weighted by molar-refractivity contribution is 6.11. The topological polar surface area (TPSA) is 125 Å². The predicted molar refractivity (Wildman–Crippen MR) is 388 cm³/mol. The van der Waals surface area contributed by atoms with Crippen LogP contribution in [0, 0.1) is 22.7 Å². The van der Waals surface area contributed by atoms with Crippen LogP contribution in [0.4, 0.5) is 0 Å². The van der Waals surface area contributed by atoms with Gasteiger partial charge in [-0.05, 0) is 124 Å². The molecule has 14 aromatic carbocycles. The predicted octanol–water partition coefficient (Wildman–Crippen LogP) is 21.8. The van der Waals surface area contributed by atoms with E-state index in [1.54, 1.807) is 0 Å². The number of nitriles is 2. The summed E-state index contributed by atoms with van der Waals surface area (Å²) in [4.78, 5) is 30.0. The summed E-state index contributed by atoms with van der Waals surface area (Å²) in [6.07, 6.45) is 0. The zero-order chi connectivity index (χ0) is 64.3. The van der Waals surface area contributed by atoms with Crippen molar-refractivity contribution in [1.82, 2.24) is 29.9 Å². The minimum atomic E-state index is 0.563. The number of fused-ring (bicyclic) bond motifs is 2. The van der Waals surface area contributed by atoms with Crippen LogP contribution in [0.15, 0.2) is 328 Å². The second-order valence-corrected chi connectivity index (χ2v) is 23.6. The minimum absolute atomic E-state index is 0.563. The van der Waals surface area contributed by atoms with Gasteiger partial charge in [-0.15, -0.1) is 0 Å². The molecule has 16 aromatic rings. The molecule has 446 valence electrons. The first-order valence-electron chi connectivity index (χ1n) is 31.8. The molecule has 0 saturated carbocycles. The fourth-order valence-corrected chi connectivity index (χ4v) is 12.9. The van der Waals surface area contributed by atoms with E-state index in [0.717, 1.165) is 133 Å². The Morgan fingerprint density at radius 2 is 0.552 bits per heavy atom. The summed E-state index contributed by atoms with van der Waals surface area (Å²) in [6.45, 7) is 0. The minimum Gasteiger partial charge on any atom is -0.208 e. The Balaban J connectivity index is 0.765. The lowest BCUT2D eigenvalue weighted by atomic mass is 9.84. The van der Waals surface area contributed by atoms with Gasteiger partial charge in [-0.3, -0.25) is 0 Å². The second-order valence-electron chi connectivity index (χ2n) is 23.6. The highest BCUT2D eigenvalue weighted by Gasteiger charge is 2.21. The molecular formula is C88H54N8. The highest BCUT2D eigenvalue weighted by Crippen LogP contribution is 2.46. The first-order chi connectivity index (χ1) is 47.5. The zero-order valence-electron chi connectivity index (χ0n) is 51.8. The lowest BCUT2D eigenvalue weighted by Gasteiger charge is -2.19. The molecule has 0 aliphatic carbocycles. The van der Waals surface area contributed by atoms with Gasteiger partial charge < -0.3 is 0 Å². The molecule has 0 N–H and O–H groups in total. The Labute approximate surface area is 555 Å². The summed E-state index contributed by atoms with van der Waals surface area (Å²) in [5.74, 6) is 3.58. The van der Waals surface area contributed by atoms with Crippen molar-refractivity contribution in [1.29, 1.82) is 10.5 Å². The molecule has 0 bridgehead atoms. The molecule has 0 aliphatic heterocycles. The Morgan fingerprint density at radius 3 is 1.03 bits per heavy atom. The van der Waals surface area contributed by atoms with Gasteiger partial charge in [0.05, 0.1) is 23.3 Å². The van der Waals surface area contributed by atoms with E-state index in [1.807, 2.05) is 152 Å². The van der Waals surface area contributed by atoms with E-state index >= 15 is 0 Å². The van der Waals surface area contributed by atoms with E-state index in [1.165, 1.54) is 0 Å². The van der Waals surface area contributed by atoms with Crippen molar-refractivity contribution in [2.24, 2.45) is 0 Å². The molecule has 0 saturated heterocycles. The van der Waals surface area contributed by atoms with Crippen molar-refractivity contribution in [2.45, 2.75) is 0 Å². The van der Waals surface area contributed by atoms with Crippen LogP contribution in [0.5, 0.6) is 0 Å². The van der Waals surface area contributed by atoms with Gasteiger partial charge in [0.15, 0.2) is 34.9 Å². The van der Waals surface area contributed by atoms with Gasteiger partial charge in [-0.1, -0.05) is 303 Å². The summed E-state index contributed by atoms with van der Waals surface area (Å²) < 4.78 is 0. The summed E-state index contributed by atoms with van der Waals surface area (Å²) >= 11 is 0. The van der Waals surface area contributed by atoms with Gasteiger partial charge in [-0.25, -0.2) is 29.9 Å². The molecular weight excluding hydrogens is 1170 g/mol. The Kier molecular flexibility index (Phi) is 15.2. The van der Waals surface area contributed by atoms with Crippen LogP contribution in [0.3, 0.4) is 0 Å². The van der Waals surface area contributed by atoms with Crippen LogP contribution in [0.25, 0.3) is 168 Å². The number of rotatable bonds is 13. The molecule has 2 heterocycles. The van der Waals surface area contributed by atoms with Crippen LogP contribution < -0.4 is 0 Å². The van der Waals surface area contributed by atoms with E-state index in [0.29, 0.717) is 46.1 Å². The molecule has 16 rings (SSSR count). The number of nitrogens with zero attached hydrogens (tertiary/aromatic N) is 8. The fourth-order valence-electron chi connectivity index (χ4n) is 12.9. The quantitative estimate of drug-likeness (QED) is 0.112. The molecule has 8 heteroatoms. The maximum atomic E-state index is 11.2. The first kappa shape index (κ1) is 57.7. The number of hydrogen-bond donors (Lipinski definition) is 0. The van der Waals surface area contributed by atoms with E-state index in [4.69, 9.17) is 29.9 Å². The molecule has 2 aromatic heterocycles. The van der Waals surface area contributed by atoms with E-state index < -0.39 is 0 Å². The Hall–Kier alpha value is -13.4. The van der Waals surface area contributed by atoms with Crippen molar-refractivity contribution in [3.8, 4) is 158 Å². The summed E-state index contributed by atoms with van der Waals surface area (Å²) in [5.41, 5.74) is 20.6. The zero-order valence-corrected chi connectivity index (χ0v) is 51.8. The Morgan fingerprint density at radius 1 is 0.198 bits per heavy atom. The average Bonchev–Trinajstić information content (AvgIpc) is 0.759. The largest absolute Gasteiger partial charge is 0.208 e. The first-order valence-corrected chi connectivity index (χ1v) is 31.8. The molecule has 0 amide bonds. The third-order valence-corrected chi connectivity index (χ3v) is 17.7. The monoisotopic (exact) mass is 1220 g/mol. The molecule has 0 spiro atoms. The van der Waals surface area contributed by atoms with E-state index in [2.05, 4.69) is 188 Å². The molecule has 96 heavy (non-hydrogen) atoms. The van der Waals surface area contributed by atoms with Gasteiger partial charge in [0, 0.05) is 33.4 Å². The van der Waals surface area contributed by atoms with Crippen LogP contribution in [-0.2, 0) is 0 Å². The van der Waals surface area contributed by atoms with Gasteiger partial charge in [0.25, 0.3) is 0 Å². The van der Waals surface area contributed by atoms with Crippen molar-refractivity contribution in [3.63, 3.8) is 0 Å². The molecule has 0 aliphatic rings. The third-order valence-electron chi connectivity index (χ3n) is 17.7. The lowest BCUT2D eigenvalue weighted by molar-refractivity contribution is 1.07. The number of hydrogen-bond acceptors (Lipinski definition) is 8. The maximum Gasteiger partial charge on any atom is 0.164 e. The van der Waals surface area contributed by atoms with Gasteiger partial charge >= 0.3 is 0 Å². The van der Waals surface area contributed by atoms with Gasteiger partial charge in [0.1, 0.15) is 0 Å². The van der Waals surface area contributed by atoms with E-state index in [-0.39, 0.29) is 0 Å². The Bertz CT molecular complexity index is 5560. The molecule has 0 fully saturated rings. The standard InChI is InChI=1S/C88H54N8/c89-55-57-18-17-28-71(52-57)58-32-40-64(41-33-58)82-78-31-16-15-30-77(78)79(54-80(82)62-38-46-70(47-39-62)88-95-85(67-24-9-3-10-25-67)92-86(96-88)68-26-11-4-12-27-68)72-49-50-74(73(53-72)56-90)60-34-42-63(43-35-60)81-75-29-14-13-19-59(75)48-51-76(81)61-36-44-69(45-37-61)87-93-83(65-20-5-1-6-21-65)91-84(94-87)66-22-7-2-8-23-66/h1-54H. The summed E-state index contributed by atoms with van der Waals surface area (Å²) in [5, 5.41) is 25.3. The van der Waals surface area contributed by atoms with Crippen LogP contribution >= 0.6 is 0 Å².